The highest BCUT2D eigenvalue weighted by atomic mass is 16.5. The number of amides is 1. The summed E-state index contributed by atoms with van der Waals surface area (Å²) in [6.07, 6.45) is 0.105. The normalized spacial score (nSPS) is 15.7. The SMILES string of the molecule is COc1ccc2cc(COC(=O)C3CC(=O)Nc4ccccc43)ccc2c1. The molecular weight excluding hydrogens is 342 g/mol. The predicted octanol–water partition coefficient (Wildman–Crippen LogP) is 4.02. The van der Waals surface area contributed by atoms with E-state index >= 15 is 0 Å². The van der Waals surface area contributed by atoms with Crippen molar-refractivity contribution in [3.05, 3.63) is 71.8 Å². The molecule has 1 N–H and O–H groups in total. The highest BCUT2D eigenvalue weighted by Crippen LogP contribution is 2.33. The summed E-state index contributed by atoms with van der Waals surface area (Å²) in [5, 5.41) is 4.90. The second kappa shape index (κ2) is 7.11. The van der Waals surface area contributed by atoms with Crippen LogP contribution in [0.2, 0.25) is 0 Å². The molecule has 1 heterocycles. The predicted molar refractivity (Wildman–Crippen MR) is 103 cm³/mol. The Morgan fingerprint density at radius 1 is 1.07 bits per heavy atom. The summed E-state index contributed by atoms with van der Waals surface area (Å²) < 4.78 is 10.8. The fourth-order valence-corrected chi connectivity index (χ4v) is 3.37. The molecule has 27 heavy (non-hydrogen) atoms. The van der Waals surface area contributed by atoms with E-state index in [1.165, 1.54) is 0 Å². The van der Waals surface area contributed by atoms with Gasteiger partial charge in [-0.15, -0.1) is 0 Å². The molecule has 1 aliphatic rings. The number of para-hydroxylation sites is 1. The maximum atomic E-state index is 12.6. The van der Waals surface area contributed by atoms with Gasteiger partial charge in [-0.2, -0.15) is 0 Å². The molecule has 0 saturated heterocycles. The largest absolute Gasteiger partial charge is 0.497 e. The van der Waals surface area contributed by atoms with Crippen molar-refractivity contribution in [1.82, 2.24) is 0 Å². The summed E-state index contributed by atoms with van der Waals surface area (Å²) in [6.45, 7) is 0.168. The number of benzene rings is 3. The fraction of sp³-hybridized carbons (Fsp3) is 0.182. The first-order valence-corrected chi connectivity index (χ1v) is 8.76. The van der Waals surface area contributed by atoms with Crippen molar-refractivity contribution >= 4 is 28.3 Å². The first kappa shape index (κ1) is 17.1. The summed E-state index contributed by atoms with van der Waals surface area (Å²) in [7, 11) is 1.64. The van der Waals surface area contributed by atoms with Gasteiger partial charge in [-0.25, -0.2) is 0 Å². The number of hydrogen-bond donors (Lipinski definition) is 1. The molecule has 5 nitrogen and oxygen atoms in total. The lowest BCUT2D eigenvalue weighted by Crippen LogP contribution is -2.28. The van der Waals surface area contributed by atoms with Gasteiger partial charge in [-0.05, 0) is 46.2 Å². The maximum absolute atomic E-state index is 12.6. The van der Waals surface area contributed by atoms with Gasteiger partial charge in [0, 0.05) is 12.1 Å². The molecule has 1 amide bonds. The zero-order chi connectivity index (χ0) is 18.8. The Labute approximate surface area is 156 Å². The molecule has 0 radical (unpaired) electrons. The van der Waals surface area contributed by atoms with Gasteiger partial charge in [0.2, 0.25) is 5.91 Å². The number of esters is 1. The van der Waals surface area contributed by atoms with E-state index in [1.54, 1.807) is 13.2 Å². The Hall–Kier alpha value is -3.34. The van der Waals surface area contributed by atoms with Gasteiger partial charge in [0.1, 0.15) is 12.4 Å². The number of ether oxygens (including phenoxy) is 2. The summed E-state index contributed by atoms with van der Waals surface area (Å²) >= 11 is 0. The van der Waals surface area contributed by atoms with Gasteiger partial charge < -0.3 is 14.8 Å². The van der Waals surface area contributed by atoms with Crippen LogP contribution in [0.1, 0.15) is 23.5 Å². The van der Waals surface area contributed by atoms with Gasteiger partial charge in [0.25, 0.3) is 0 Å². The summed E-state index contributed by atoms with van der Waals surface area (Å²) in [4.78, 5) is 24.5. The van der Waals surface area contributed by atoms with Gasteiger partial charge in [-0.3, -0.25) is 9.59 Å². The van der Waals surface area contributed by atoms with Crippen LogP contribution in [0.15, 0.2) is 60.7 Å². The van der Waals surface area contributed by atoms with Crippen LogP contribution in [0.3, 0.4) is 0 Å². The zero-order valence-electron chi connectivity index (χ0n) is 14.9. The Kier molecular flexibility index (Phi) is 4.50. The zero-order valence-corrected chi connectivity index (χ0v) is 14.9. The summed E-state index contributed by atoms with van der Waals surface area (Å²) in [6, 6.07) is 19.1. The van der Waals surface area contributed by atoms with Crippen LogP contribution in [-0.2, 0) is 20.9 Å². The van der Waals surface area contributed by atoms with Gasteiger partial charge >= 0.3 is 5.97 Å². The molecule has 0 bridgehead atoms. The van der Waals surface area contributed by atoms with E-state index in [9.17, 15) is 9.59 Å². The molecule has 136 valence electrons. The van der Waals surface area contributed by atoms with Crippen LogP contribution in [-0.4, -0.2) is 19.0 Å². The topological polar surface area (TPSA) is 64.6 Å². The van der Waals surface area contributed by atoms with E-state index in [2.05, 4.69) is 5.32 Å². The minimum absolute atomic E-state index is 0.105. The number of methoxy groups -OCH3 is 1. The molecule has 3 aromatic rings. The van der Waals surface area contributed by atoms with E-state index in [-0.39, 0.29) is 24.9 Å². The van der Waals surface area contributed by atoms with Crippen molar-refractivity contribution in [2.75, 3.05) is 12.4 Å². The quantitative estimate of drug-likeness (QED) is 0.713. The first-order chi connectivity index (χ1) is 13.1. The highest BCUT2D eigenvalue weighted by Gasteiger charge is 2.31. The van der Waals surface area contributed by atoms with Crippen LogP contribution in [0, 0.1) is 0 Å². The second-order valence-electron chi connectivity index (χ2n) is 6.55. The first-order valence-electron chi connectivity index (χ1n) is 8.76. The molecule has 1 unspecified atom stereocenters. The number of carbonyl (C=O) groups is 2. The van der Waals surface area contributed by atoms with Crippen molar-refractivity contribution in [2.45, 2.75) is 18.9 Å². The monoisotopic (exact) mass is 361 g/mol. The van der Waals surface area contributed by atoms with E-state index in [0.29, 0.717) is 5.69 Å². The van der Waals surface area contributed by atoms with Crippen LogP contribution in [0.4, 0.5) is 5.69 Å². The van der Waals surface area contributed by atoms with Crippen LogP contribution in [0.25, 0.3) is 10.8 Å². The standard InChI is InChI=1S/C22H19NO4/c1-26-17-9-8-15-10-14(6-7-16(15)11-17)13-27-22(25)19-12-21(24)23-20-5-3-2-4-18(19)20/h2-11,19H,12-13H2,1H3,(H,23,24). The lowest BCUT2D eigenvalue weighted by Gasteiger charge is -2.24. The van der Waals surface area contributed by atoms with Crippen LogP contribution >= 0.6 is 0 Å². The Bertz CT molecular complexity index is 1030. The summed E-state index contributed by atoms with van der Waals surface area (Å²) in [5.41, 5.74) is 2.37. The van der Waals surface area contributed by atoms with E-state index in [1.807, 2.05) is 54.6 Å². The number of anilines is 1. The third-order valence-corrected chi connectivity index (χ3v) is 4.78. The molecule has 4 rings (SSSR count). The average molecular weight is 361 g/mol. The fourth-order valence-electron chi connectivity index (χ4n) is 3.37. The molecule has 0 aliphatic carbocycles. The van der Waals surface area contributed by atoms with Crippen molar-refractivity contribution in [3.63, 3.8) is 0 Å². The van der Waals surface area contributed by atoms with Gasteiger partial charge in [-0.1, -0.05) is 36.4 Å². The maximum Gasteiger partial charge on any atom is 0.314 e. The van der Waals surface area contributed by atoms with Crippen molar-refractivity contribution in [3.8, 4) is 5.75 Å². The Morgan fingerprint density at radius 3 is 2.70 bits per heavy atom. The lowest BCUT2D eigenvalue weighted by molar-refractivity contribution is -0.148. The smallest absolute Gasteiger partial charge is 0.314 e. The number of nitrogens with one attached hydrogen (secondary N) is 1. The molecule has 1 aliphatic heterocycles. The minimum Gasteiger partial charge on any atom is -0.497 e. The van der Waals surface area contributed by atoms with E-state index in [0.717, 1.165) is 27.6 Å². The van der Waals surface area contributed by atoms with Crippen molar-refractivity contribution < 1.29 is 19.1 Å². The van der Waals surface area contributed by atoms with Crippen LogP contribution in [0.5, 0.6) is 5.75 Å². The summed E-state index contributed by atoms with van der Waals surface area (Å²) in [5.74, 6) is -0.321. The molecule has 0 saturated carbocycles. The second-order valence-corrected chi connectivity index (χ2v) is 6.55. The molecular formula is C22H19NO4. The number of rotatable bonds is 4. The molecule has 0 spiro atoms. The number of hydrogen-bond acceptors (Lipinski definition) is 4. The van der Waals surface area contributed by atoms with Crippen molar-refractivity contribution in [2.24, 2.45) is 0 Å². The van der Waals surface area contributed by atoms with E-state index in [4.69, 9.17) is 9.47 Å². The van der Waals surface area contributed by atoms with Gasteiger partial charge in [0.15, 0.2) is 0 Å². The molecule has 0 fully saturated rings. The third kappa shape index (κ3) is 3.49. The van der Waals surface area contributed by atoms with Crippen LogP contribution < -0.4 is 10.1 Å². The van der Waals surface area contributed by atoms with Gasteiger partial charge in [0.05, 0.1) is 13.0 Å². The number of fused-ring (bicyclic) bond motifs is 2. The number of carbonyl (C=O) groups excluding carboxylic acids is 2. The average Bonchev–Trinajstić information content (AvgIpc) is 2.70. The lowest BCUT2D eigenvalue weighted by atomic mass is 9.91. The Balaban J connectivity index is 1.49. The van der Waals surface area contributed by atoms with Crippen molar-refractivity contribution in [1.29, 1.82) is 0 Å². The molecule has 1 atom stereocenters. The molecule has 5 heteroatoms. The van der Waals surface area contributed by atoms with E-state index < -0.39 is 5.92 Å². The third-order valence-electron chi connectivity index (χ3n) is 4.78. The highest BCUT2D eigenvalue weighted by molar-refractivity contribution is 6.00. The molecule has 3 aromatic carbocycles. The molecule has 0 aromatic heterocycles. The Morgan fingerprint density at radius 2 is 1.85 bits per heavy atom. The minimum atomic E-state index is -0.570.